The minimum Gasteiger partial charge on any atom is -0.419 e. The number of anilines is 1. The molecule has 0 radical (unpaired) electrons. The summed E-state index contributed by atoms with van der Waals surface area (Å²) in [6.45, 7) is 3.24. The van der Waals surface area contributed by atoms with Crippen molar-refractivity contribution in [3.05, 3.63) is 50.6 Å². The van der Waals surface area contributed by atoms with Crippen molar-refractivity contribution >= 4 is 57.7 Å². The number of carbonyl (C=O) groups is 1. The van der Waals surface area contributed by atoms with Gasteiger partial charge in [0, 0.05) is 0 Å². The monoisotopic (exact) mass is 458 g/mol. The third-order valence-electron chi connectivity index (χ3n) is 3.75. The average Bonchev–Trinajstić information content (AvgIpc) is 3.31. The summed E-state index contributed by atoms with van der Waals surface area (Å²) >= 11 is 19.6. The summed E-state index contributed by atoms with van der Waals surface area (Å²) in [6.07, 6.45) is 0.868. The second-order valence-electron chi connectivity index (χ2n) is 5.98. The van der Waals surface area contributed by atoms with Gasteiger partial charge in [-0.05, 0) is 36.5 Å². The number of rotatable bonds is 8. The van der Waals surface area contributed by atoms with Gasteiger partial charge in [0.15, 0.2) is 0 Å². The Kier molecular flexibility index (Phi) is 7.31. The molecule has 0 aliphatic heterocycles. The maximum absolute atomic E-state index is 12.5. The van der Waals surface area contributed by atoms with Gasteiger partial charge in [0.25, 0.3) is 5.89 Å². The lowest BCUT2D eigenvalue weighted by Gasteiger charge is -2.19. The average molecular weight is 460 g/mol. The first-order valence-electron chi connectivity index (χ1n) is 8.49. The lowest BCUT2D eigenvalue weighted by molar-refractivity contribution is -0.117. The van der Waals surface area contributed by atoms with Crippen LogP contribution < -0.4 is 5.32 Å². The van der Waals surface area contributed by atoms with Gasteiger partial charge < -0.3 is 9.73 Å². The molecule has 2 heterocycles. The number of halogens is 3. The Morgan fingerprint density at radius 2 is 2.00 bits per heavy atom. The topological polar surface area (TPSA) is 71.3 Å². The van der Waals surface area contributed by atoms with Crippen molar-refractivity contribution < 1.29 is 9.21 Å². The van der Waals surface area contributed by atoms with Crippen molar-refractivity contribution in [3.63, 3.8) is 0 Å². The van der Waals surface area contributed by atoms with Crippen molar-refractivity contribution in [2.24, 2.45) is 0 Å². The van der Waals surface area contributed by atoms with Crippen LogP contribution in [0, 0.1) is 0 Å². The third-order valence-corrected chi connectivity index (χ3v) is 5.64. The van der Waals surface area contributed by atoms with Crippen molar-refractivity contribution in [2.45, 2.75) is 19.9 Å². The summed E-state index contributed by atoms with van der Waals surface area (Å²) in [4.78, 5) is 15.3. The largest absolute Gasteiger partial charge is 0.419 e. The first kappa shape index (κ1) is 21.1. The highest BCUT2D eigenvalue weighted by atomic mass is 35.5. The number of hydrogen-bond acceptors (Lipinski definition) is 6. The molecule has 0 aliphatic carbocycles. The first-order chi connectivity index (χ1) is 13.5. The number of nitrogens with one attached hydrogen (secondary N) is 1. The van der Waals surface area contributed by atoms with Crippen LogP contribution in [0.2, 0.25) is 15.1 Å². The highest BCUT2D eigenvalue weighted by Crippen LogP contribution is 2.32. The molecular formula is C18H17Cl3N4O2S. The molecule has 0 aliphatic rings. The molecule has 148 valence electrons. The van der Waals surface area contributed by atoms with E-state index in [1.807, 2.05) is 29.3 Å². The molecule has 1 N–H and O–H groups in total. The molecule has 3 aromatic rings. The van der Waals surface area contributed by atoms with Crippen molar-refractivity contribution in [1.29, 1.82) is 0 Å². The van der Waals surface area contributed by atoms with Crippen LogP contribution in [0.5, 0.6) is 0 Å². The number of amides is 1. The maximum atomic E-state index is 12.5. The van der Waals surface area contributed by atoms with Gasteiger partial charge in [0.05, 0.1) is 38.7 Å². The molecule has 0 saturated heterocycles. The molecule has 0 atom stereocenters. The summed E-state index contributed by atoms with van der Waals surface area (Å²) < 4.78 is 5.71. The summed E-state index contributed by atoms with van der Waals surface area (Å²) in [5.74, 6) is 0.706. The van der Waals surface area contributed by atoms with Crippen LogP contribution in [-0.2, 0) is 11.3 Å². The molecular weight excluding hydrogens is 443 g/mol. The van der Waals surface area contributed by atoms with Gasteiger partial charge in [-0.25, -0.2) is 0 Å². The summed E-state index contributed by atoms with van der Waals surface area (Å²) in [5, 5.41) is 13.8. The van der Waals surface area contributed by atoms with E-state index in [9.17, 15) is 4.79 Å². The molecule has 0 bridgehead atoms. The highest BCUT2D eigenvalue weighted by Gasteiger charge is 2.17. The van der Waals surface area contributed by atoms with Crippen LogP contribution in [0.4, 0.5) is 5.69 Å². The normalized spacial score (nSPS) is 11.2. The van der Waals surface area contributed by atoms with Crippen molar-refractivity contribution in [2.75, 3.05) is 18.4 Å². The van der Waals surface area contributed by atoms with Crippen LogP contribution in [0.15, 0.2) is 34.1 Å². The molecule has 3 rings (SSSR count). The van der Waals surface area contributed by atoms with Crippen molar-refractivity contribution in [1.82, 2.24) is 15.1 Å². The zero-order valence-corrected chi connectivity index (χ0v) is 18.0. The second-order valence-corrected chi connectivity index (χ2v) is 8.15. The molecule has 0 fully saturated rings. The van der Waals surface area contributed by atoms with Gasteiger partial charge in [-0.15, -0.1) is 21.5 Å². The molecule has 28 heavy (non-hydrogen) atoms. The molecule has 2 aromatic heterocycles. The van der Waals surface area contributed by atoms with Crippen LogP contribution in [0.1, 0.15) is 19.2 Å². The molecule has 1 amide bonds. The fraction of sp³-hybridized carbons (Fsp3) is 0.278. The van der Waals surface area contributed by atoms with E-state index < -0.39 is 0 Å². The number of thiophene rings is 1. The zero-order chi connectivity index (χ0) is 20.1. The predicted octanol–water partition coefficient (Wildman–Crippen LogP) is 5.61. The van der Waals surface area contributed by atoms with Crippen LogP contribution >= 0.6 is 46.1 Å². The SMILES string of the molecule is CCCN(CC(=O)Nc1cc(Cl)c(Cl)cc1Cl)Cc1nnc(-c2cccs2)o1. The maximum Gasteiger partial charge on any atom is 0.257 e. The molecule has 6 nitrogen and oxygen atoms in total. The second kappa shape index (κ2) is 9.71. The fourth-order valence-electron chi connectivity index (χ4n) is 2.55. The van der Waals surface area contributed by atoms with Crippen LogP contribution in [0.3, 0.4) is 0 Å². The molecule has 0 unspecified atom stereocenters. The van der Waals surface area contributed by atoms with Gasteiger partial charge in [-0.1, -0.05) is 47.8 Å². The quantitative estimate of drug-likeness (QED) is 0.443. The lowest BCUT2D eigenvalue weighted by Crippen LogP contribution is -2.33. The Balaban J connectivity index is 1.64. The molecule has 1 aromatic carbocycles. The van der Waals surface area contributed by atoms with E-state index in [4.69, 9.17) is 39.2 Å². The Hall–Kier alpha value is -1.64. The smallest absolute Gasteiger partial charge is 0.257 e. The van der Waals surface area contributed by atoms with E-state index in [0.29, 0.717) is 45.6 Å². The van der Waals surface area contributed by atoms with Gasteiger partial charge in [0.2, 0.25) is 11.8 Å². The Morgan fingerprint density at radius 1 is 1.21 bits per heavy atom. The Bertz CT molecular complexity index is 946. The van der Waals surface area contributed by atoms with E-state index in [2.05, 4.69) is 15.5 Å². The fourth-order valence-corrected chi connectivity index (χ4v) is 3.79. The van der Waals surface area contributed by atoms with Crippen LogP contribution in [-0.4, -0.2) is 34.1 Å². The van der Waals surface area contributed by atoms with E-state index in [1.165, 1.54) is 23.5 Å². The number of benzene rings is 1. The third kappa shape index (κ3) is 5.46. The van der Waals surface area contributed by atoms with Gasteiger partial charge >= 0.3 is 0 Å². The van der Waals surface area contributed by atoms with E-state index in [0.717, 1.165) is 11.3 Å². The minimum atomic E-state index is -0.230. The highest BCUT2D eigenvalue weighted by molar-refractivity contribution is 7.13. The Labute approximate surface area is 181 Å². The minimum absolute atomic E-state index is 0.140. The molecule has 10 heteroatoms. The van der Waals surface area contributed by atoms with Gasteiger partial charge in [0.1, 0.15) is 0 Å². The molecule has 0 saturated carbocycles. The summed E-state index contributed by atoms with van der Waals surface area (Å²) in [7, 11) is 0. The Morgan fingerprint density at radius 3 is 2.71 bits per heavy atom. The number of hydrogen-bond donors (Lipinski definition) is 1. The van der Waals surface area contributed by atoms with Crippen molar-refractivity contribution in [3.8, 4) is 10.8 Å². The number of nitrogens with zero attached hydrogens (tertiary/aromatic N) is 3. The van der Waals surface area contributed by atoms with E-state index >= 15 is 0 Å². The van der Waals surface area contributed by atoms with E-state index in [-0.39, 0.29) is 12.5 Å². The first-order valence-corrected chi connectivity index (χ1v) is 10.5. The summed E-state index contributed by atoms with van der Waals surface area (Å²) in [5.41, 5.74) is 0.412. The molecule has 0 spiro atoms. The van der Waals surface area contributed by atoms with Gasteiger partial charge in [-0.2, -0.15) is 0 Å². The van der Waals surface area contributed by atoms with Gasteiger partial charge in [-0.3, -0.25) is 9.69 Å². The predicted molar refractivity (Wildman–Crippen MR) is 113 cm³/mol. The summed E-state index contributed by atoms with van der Waals surface area (Å²) in [6, 6.07) is 6.86. The lowest BCUT2D eigenvalue weighted by atomic mass is 10.3. The number of aromatic nitrogens is 2. The number of carbonyl (C=O) groups excluding carboxylic acids is 1. The van der Waals surface area contributed by atoms with E-state index in [1.54, 1.807) is 0 Å². The van der Waals surface area contributed by atoms with Crippen LogP contribution in [0.25, 0.3) is 10.8 Å². The standard InChI is InChI=1S/C18H17Cl3N4O2S/c1-2-5-25(10-17-23-24-18(27-17)15-4-3-6-28-15)9-16(26)22-14-8-12(20)11(19)7-13(14)21/h3-4,6-8H,2,5,9-10H2,1H3,(H,22,26). The zero-order valence-electron chi connectivity index (χ0n) is 14.9.